The van der Waals surface area contributed by atoms with Crippen LogP contribution in [0.2, 0.25) is 0 Å². The average Bonchev–Trinajstić information content (AvgIpc) is 2.97. The molecule has 0 bridgehead atoms. The van der Waals surface area contributed by atoms with E-state index in [9.17, 15) is 0 Å². The van der Waals surface area contributed by atoms with Crippen molar-refractivity contribution in [3.05, 3.63) is 48.3 Å². The zero-order chi connectivity index (χ0) is 12.9. The molecule has 1 aliphatic heterocycles. The number of aryl methyl sites for hydroxylation is 1. The van der Waals surface area contributed by atoms with Crippen molar-refractivity contribution in [3.63, 3.8) is 0 Å². The van der Waals surface area contributed by atoms with Gasteiger partial charge in [-0.05, 0) is 42.8 Å². The van der Waals surface area contributed by atoms with Crippen molar-refractivity contribution < 1.29 is 0 Å². The SMILES string of the molecule is c1ccc2c(c1)SCC[C@H]2NCCCn1cccn1. The number of aromatic nitrogens is 2. The van der Waals surface area contributed by atoms with Crippen molar-refractivity contribution in [3.8, 4) is 0 Å². The highest BCUT2D eigenvalue weighted by molar-refractivity contribution is 7.99. The Hall–Kier alpha value is -1.26. The Labute approximate surface area is 118 Å². The van der Waals surface area contributed by atoms with E-state index in [0.717, 1.165) is 19.5 Å². The predicted octanol–water partition coefficient (Wildman–Crippen LogP) is 3.10. The fraction of sp³-hybridized carbons (Fsp3) is 0.400. The van der Waals surface area contributed by atoms with E-state index in [2.05, 4.69) is 34.7 Å². The van der Waals surface area contributed by atoms with Crippen molar-refractivity contribution in [1.82, 2.24) is 15.1 Å². The van der Waals surface area contributed by atoms with E-state index in [1.54, 1.807) is 0 Å². The first-order valence-electron chi connectivity index (χ1n) is 6.86. The van der Waals surface area contributed by atoms with Gasteiger partial charge in [0, 0.05) is 29.9 Å². The largest absolute Gasteiger partial charge is 0.310 e. The molecule has 1 aliphatic rings. The highest BCUT2D eigenvalue weighted by Gasteiger charge is 2.19. The van der Waals surface area contributed by atoms with Gasteiger partial charge in [-0.2, -0.15) is 5.10 Å². The second-order valence-electron chi connectivity index (χ2n) is 4.80. The second-order valence-corrected chi connectivity index (χ2v) is 5.94. The molecule has 0 radical (unpaired) electrons. The molecule has 0 saturated carbocycles. The quantitative estimate of drug-likeness (QED) is 0.849. The summed E-state index contributed by atoms with van der Waals surface area (Å²) in [5, 5.41) is 7.91. The maximum atomic E-state index is 4.22. The average molecular weight is 273 g/mol. The molecule has 1 N–H and O–H groups in total. The lowest BCUT2D eigenvalue weighted by Crippen LogP contribution is -2.26. The van der Waals surface area contributed by atoms with Crippen LogP contribution in [-0.2, 0) is 6.54 Å². The third-order valence-corrected chi connectivity index (χ3v) is 4.60. The summed E-state index contributed by atoms with van der Waals surface area (Å²) < 4.78 is 1.99. The van der Waals surface area contributed by atoms with Crippen LogP contribution in [0.3, 0.4) is 0 Å². The van der Waals surface area contributed by atoms with Gasteiger partial charge in [-0.15, -0.1) is 11.8 Å². The standard InChI is InChI=1S/C15H19N3S/c1-2-6-15-13(5-1)14(7-12-19-15)16-8-3-10-18-11-4-9-17-18/h1-2,4-6,9,11,14,16H,3,7-8,10,12H2/t14-/m1/s1. The molecule has 3 rings (SSSR count). The Morgan fingerprint density at radius 2 is 2.26 bits per heavy atom. The number of hydrogen-bond acceptors (Lipinski definition) is 3. The molecular weight excluding hydrogens is 254 g/mol. The summed E-state index contributed by atoms with van der Waals surface area (Å²) in [6.45, 7) is 2.03. The molecule has 0 spiro atoms. The number of fused-ring (bicyclic) bond motifs is 1. The fourth-order valence-electron chi connectivity index (χ4n) is 2.50. The van der Waals surface area contributed by atoms with Crippen molar-refractivity contribution in [2.24, 2.45) is 0 Å². The van der Waals surface area contributed by atoms with Gasteiger partial charge in [0.1, 0.15) is 0 Å². The van der Waals surface area contributed by atoms with Gasteiger partial charge in [-0.1, -0.05) is 18.2 Å². The molecule has 19 heavy (non-hydrogen) atoms. The molecule has 4 heteroatoms. The summed E-state index contributed by atoms with van der Waals surface area (Å²) >= 11 is 1.98. The maximum absolute atomic E-state index is 4.22. The van der Waals surface area contributed by atoms with Crippen LogP contribution in [-0.4, -0.2) is 22.1 Å². The van der Waals surface area contributed by atoms with E-state index in [1.165, 1.54) is 22.6 Å². The van der Waals surface area contributed by atoms with Crippen molar-refractivity contribution in [2.75, 3.05) is 12.3 Å². The first-order valence-corrected chi connectivity index (χ1v) is 7.84. The minimum Gasteiger partial charge on any atom is -0.310 e. The highest BCUT2D eigenvalue weighted by atomic mass is 32.2. The van der Waals surface area contributed by atoms with Crippen molar-refractivity contribution >= 4 is 11.8 Å². The minimum atomic E-state index is 0.523. The van der Waals surface area contributed by atoms with Gasteiger partial charge in [-0.3, -0.25) is 4.68 Å². The molecule has 2 aromatic rings. The minimum absolute atomic E-state index is 0.523. The Kier molecular flexibility index (Phi) is 4.20. The summed E-state index contributed by atoms with van der Waals surface area (Å²) in [6, 6.07) is 11.3. The first-order chi connectivity index (χ1) is 9.43. The lowest BCUT2D eigenvalue weighted by atomic mass is 10.0. The Morgan fingerprint density at radius 1 is 1.32 bits per heavy atom. The first kappa shape index (κ1) is 12.8. The van der Waals surface area contributed by atoms with Crippen LogP contribution in [0.5, 0.6) is 0 Å². The summed E-state index contributed by atoms with van der Waals surface area (Å²) in [4.78, 5) is 1.44. The Bertz CT molecular complexity index is 510. The van der Waals surface area contributed by atoms with Crippen LogP contribution in [0.1, 0.15) is 24.4 Å². The van der Waals surface area contributed by atoms with Gasteiger partial charge in [0.2, 0.25) is 0 Å². The van der Waals surface area contributed by atoms with Gasteiger partial charge in [0.05, 0.1) is 0 Å². The van der Waals surface area contributed by atoms with E-state index < -0.39 is 0 Å². The monoisotopic (exact) mass is 273 g/mol. The number of thioether (sulfide) groups is 1. The van der Waals surface area contributed by atoms with Gasteiger partial charge in [0.25, 0.3) is 0 Å². The summed E-state index contributed by atoms with van der Waals surface area (Å²) in [6.07, 6.45) is 6.20. The van der Waals surface area contributed by atoms with Gasteiger partial charge < -0.3 is 5.32 Å². The topological polar surface area (TPSA) is 29.9 Å². The smallest absolute Gasteiger partial charge is 0.0489 e. The van der Waals surface area contributed by atoms with Crippen LogP contribution < -0.4 is 5.32 Å². The van der Waals surface area contributed by atoms with Gasteiger partial charge in [-0.25, -0.2) is 0 Å². The number of benzene rings is 1. The molecule has 1 aromatic heterocycles. The molecule has 0 unspecified atom stereocenters. The zero-order valence-corrected chi connectivity index (χ0v) is 11.8. The molecular formula is C15H19N3S. The number of rotatable bonds is 5. The molecule has 0 fully saturated rings. The van der Waals surface area contributed by atoms with E-state index in [4.69, 9.17) is 0 Å². The van der Waals surface area contributed by atoms with Gasteiger partial charge >= 0.3 is 0 Å². The zero-order valence-electron chi connectivity index (χ0n) is 11.0. The highest BCUT2D eigenvalue weighted by Crippen LogP contribution is 2.35. The van der Waals surface area contributed by atoms with E-state index in [0.29, 0.717) is 6.04 Å². The van der Waals surface area contributed by atoms with E-state index in [-0.39, 0.29) is 0 Å². The van der Waals surface area contributed by atoms with Crippen LogP contribution in [0.15, 0.2) is 47.6 Å². The number of nitrogens with one attached hydrogen (secondary N) is 1. The molecule has 100 valence electrons. The van der Waals surface area contributed by atoms with E-state index >= 15 is 0 Å². The summed E-state index contributed by atoms with van der Waals surface area (Å²) in [5.74, 6) is 1.22. The molecule has 1 aromatic carbocycles. The molecule has 0 amide bonds. The molecule has 3 nitrogen and oxygen atoms in total. The molecule has 1 atom stereocenters. The third-order valence-electron chi connectivity index (χ3n) is 3.47. The normalized spacial score (nSPS) is 18.2. The molecule has 2 heterocycles. The van der Waals surface area contributed by atoms with Gasteiger partial charge in [0.15, 0.2) is 0 Å². The Morgan fingerprint density at radius 3 is 3.16 bits per heavy atom. The predicted molar refractivity (Wildman–Crippen MR) is 79.4 cm³/mol. The number of nitrogens with zero attached hydrogens (tertiary/aromatic N) is 2. The fourth-order valence-corrected chi connectivity index (χ4v) is 3.63. The van der Waals surface area contributed by atoms with Crippen LogP contribution in [0.25, 0.3) is 0 Å². The maximum Gasteiger partial charge on any atom is 0.0489 e. The van der Waals surface area contributed by atoms with Crippen molar-refractivity contribution in [1.29, 1.82) is 0 Å². The molecule has 0 aliphatic carbocycles. The summed E-state index contributed by atoms with van der Waals surface area (Å²) in [7, 11) is 0. The van der Waals surface area contributed by atoms with Crippen LogP contribution >= 0.6 is 11.8 Å². The third kappa shape index (κ3) is 3.19. The molecule has 0 saturated heterocycles. The van der Waals surface area contributed by atoms with Crippen molar-refractivity contribution in [2.45, 2.75) is 30.3 Å². The number of hydrogen-bond donors (Lipinski definition) is 1. The van der Waals surface area contributed by atoms with Crippen LogP contribution in [0, 0.1) is 0 Å². The lowest BCUT2D eigenvalue weighted by Gasteiger charge is -2.26. The second kappa shape index (κ2) is 6.26. The van der Waals surface area contributed by atoms with E-state index in [1.807, 2.05) is 34.9 Å². The summed E-state index contributed by atoms with van der Waals surface area (Å²) in [5.41, 5.74) is 1.47. The lowest BCUT2D eigenvalue weighted by molar-refractivity contribution is 0.474. The van der Waals surface area contributed by atoms with Crippen LogP contribution in [0.4, 0.5) is 0 Å². The Balaban J connectivity index is 1.51.